The minimum Gasteiger partial charge on any atom is -0.392 e. The molecule has 1 aliphatic rings. The summed E-state index contributed by atoms with van der Waals surface area (Å²) in [6.07, 6.45) is 0. The maximum Gasteiger partial charge on any atom is 0.0802 e. The lowest BCUT2D eigenvalue weighted by atomic mass is 10.1. The molecule has 0 saturated carbocycles. The Balaban J connectivity index is 2.68. The Bertz CT molecular complexity index is 450. The molecule has 1 N–H and O–H groups in total. The number of aliphatic hydroxyl groups excluding tert-OH is 1. The highest BCUT2D eigenvalue weighted by molar-refractivity contribution is 7.03. The van der Waals surface area contributed by atoms with Crippen molar-refractivity contribution in [2.24, 2.45) is 0 Å². The molecule has 1 aromatic rings. The second-order valence-electron chi connectivity index (χ2n) is 6.75. The van der Waals surface area contributed by atoms with Crippen LogP contribution in [0.2, 0.25) is 38.3 Å². The van der Waals surface area contributed by atoms with Crippen molar-refractivity contribution in [1.82, 2.24) is 0 Å². The van der Waals surface area contributed by atoms with Gasteiger partial charge >= 0.3 is 0 Å². The smallest absolute Gasteiger partial charge is 0.0802 e. The molecule has 0 bridgehead atoms. The zero-order valence-corrected chi connectivity index (χ0v) is 13.7. The van der Waals surface area contributed by atoms with E-state index in [1.54, 1.807) is 10.4 Å². The molecule has 0 spiro atoms. The molecule has 1 nitrogen and oxygen atoms in total. The molecule has 1 aromatic carbocycles. The number of aliphatic hydroxyl groups is 1. The van der Waals surface area contributed by atoms with E-state index in [1.807, 2.05) is 0 Å². The van der Waals surface area contributed by atoms with Crippen molar-refractivity contribution in [1.29, 1.82) is 0 Å². The summed E-state index contributed by atoms with van der Waals surface area (Å²) in [4.78, 5) is 0. The Hall–Kier alpha value is -0.386. The van der Waals surface area contributed by atoms with Crippen molar-refractivity contribution in [2.75, 3.05) is 0 Å². The van der Waals surface area contributed by atoms with Crippen LogP contribution in [0.3, 0.4) is 0 Å². The summed E-state index contributed by atoms with van der Waals surface area (Å²) in [6.45, 7) is 12.3. The third-order valence-corrected chi connectivity index (χ3v) is 12.0. The summed E-state index contributed by atoms with van der Waals surface area (Å²) in [5.41, 5.74) is 2.41. The third-order valence-electron chi connectivity index (χ3n) is 4.48. The highest BCUT2D eigenvalue weighted by Crippen LogP contribution is 2.26. The first-order chi connectivity index (χ1) is 7.78. The first kappa shape index (κ1) is 13.1. The van der Waals surface area contributed by atoms with E-state index in [1.165, 1.54) is 17.7 Å². The number of hydrogen-bond donors (Lipinski definition) is 1. The van der Waals surface area contributed by atoms with Crippen molar-refractivity contribution in [2.45, 2.75) is 51.8 Å². The fraction of sp³-hybridized carbons (Fsp3) is 0.571. The van der Waals surface area contributed by atoms with Crippen molar-refractivity contribution in [3.63, 3.8) is 0 Å². The molecular formula is C14H24OSi2. The molecule has 2 rings (SSSR count). The van der Waals surface area contributed by atoms with Gasteiger partial charge in [0.1, 0.15) is 0 Å². The summed E-state index contributed by atoms with van der Waals surface area (Å²) in [5.74, 6) is 0. The largest absolute Gasteiger partial charge is 0.392 e. The fourth-order valence-electron chi connectivity index (χ4n) is 2.94. The second kappa shape index (κ2) is 4.07. The first-order valence-electron chi connectivity index (χ1n) is 6.53. The predicted molar refractivity (Wildman–Crippen MR) is 80.9 cm³/mol. The maximum absolute atomic E-state index is 9.45. The molecule has 1 aliphatic heterocycles. The quantitative estimate of drug-likeness (QED) is 0.772. The van der Waals surface area contributed by atoms with E-state index < -0.39 is 16.1 Å². The lowest BCUT2D eigenvalue weighted by Gasteiger charge is -2.40. The lowest BCUT2D eigenvalue weighted by Crippen LogP contribution is -2.63. The molecule has 94 valence electrons. The van der Waals surface area contributed by atoms with Gasteiger partial charge in [0.05, 0.1) is 22.8 Å². The standard InChI is InChI=1S/C14H24OSi2/c1-11-8-13-14(9-12(11)10-15)17(4,5)7-6-16(13,2)3/h8-9,15H,6-7,10H2,1-5H3. The van der Waals surface area contributed by atoms with E-state index in [4.69, 9.17) is 0 Å². The van der Waals surface area contributed by atoms with Gasteiger partial charge in [-0.2, -0.15) is 0 Å². The Morgan fingerprint density at radius 2 is 1.47 bits per heavy atom. The van der Waals surface area contributed by atoms with E-state index in [0.717, 1.165) is 5.56 Å². The zero-order chi connectivity index (χ0) is 12.8. The fourth-order valence-corrected chi connectivity index (χ4v) is 13.3. The van der Waals surface area contributed by atoms with Gasteiger partial charge in [-0.05, 0) is 18.1 Å². The van der Waals surface area contributed by atoms with Gasteiger partial charge in [0, 0.05) is 0 Å². The molecule has 0 amide bonds. The summed E-state index contributed by atoms with van der Waals surface area (Å²) in [6, 6.07) is 7.58. The van der Waals surface area contributed by atoms with Crippen LogP contribution < -0.4 is 10.4 Å². The first-order valence-corrected chi connectivity index (χ1v) is 12.9. The molecule has 0 atom stereocenters. The van der Waals surface area contributed by atoms with Crippen molar-refractivity contribution >= 4 is 26.5 Å². The van der Waals surface area contributed by atoms with Crippen molar-refractivity contribution < 1.29 is 5.11 Å². The highest BCUT2D eigenvalue weighted by Gasteiger charge is 2.39. The lowest BCUT2D eigenvalue weighted by molar-refractivity contribution is 0.281. The van der Waals surface area contributed by atoms with Gasteiger partial charge < -0.3 is 5.11 Å². The Morgan fingerprint density at radius 3 is 1.94 bits per heavy atom. The second-order valence-corrected chi connectivity index (χ2v) is 16.4. The van der Waals surface area contributed by atoms with Crippen LogP contribution in [0.25, 0.3) is 0 Å². The summed E-state index contributed by atoms with van der Waals surface area (Å²) in [7, 11) is -2.46. The van der Waals surface area contributed by atoms with Crippen molar-refractivity contribution in [3.05, 3.63) is 23.3 Å². The zero-order valence-electron chi connectivity index (χ0n) is 11.7. The molecule has 0 saturated heterocycles. The molecule has 1 heterocycles. The molecule has 0 aromatic heterocycles. The van der Waals surface area contributed by atoms with E-state index in [0.29, 0.717) is 0 Å². The van der Waals surface area contributed by atoms with Gasteiger partial charge in [0.15, 0.2) is 0 Å². The van der Waals surface area contributed by atoms with Crippen LogP contribution in [0.15, 0.2) is 12.1 Å². The average molecular weight is 265 g/mol. The van der Waals surface area contributed by atoms with Crippen molar-refractivity contribution in [3.8, 4) is 0 Å². The van der Waals surface area contributed by atoms with Crippen LogP contribution >= 0.6 is 0 Å². The molecule has 17 heavy (non-hydrogen) atoms. The number of fused-ring (bicyclic) bond motifs is 1. The van der Waals surface area contributed by atoms with Gasteiger partial charge in [0.2, 0.25) is 0 Å². The van der Waals surface area contributed by atoms with Gasteiger partial charge in [-0.25, -0.2) is 0 Å². The van der Waals surface area contributed by atoms with Gasteiger partial charge in [-0.15, -0.1) is 0 Å². The maximum atomic E-state index is 9.45. The number of hydrogen-bond acceptors (Lipinski definition) is 1. The number of rotatable bonds is 1. The van der Waals surface area contributed by atoms with Crippen LogP contribution in [0.4, 0.5) is 0 Å². The third kappa shape index (κ3) is 2.16. The van der Waals surface area contributed by atoms with Crippen LogP contribution in [0.1, 0.15) is 11.1 Å². The van der Waals surface area contributed by atoms with E-state index >= 15 is 0 Å². The SMILES string of the molecule is Cc1cc2c(cc1CO)[Si](C)(C)CC[Si]2(C)C. The van der Waals surface area contributed by atoms with Crippen LogP contribution in [-0.4, -0.2) is 21.3 Å². The summed E-state index contributed by atoms with van der Waals surface area (Å²) >= 11 is 0. The van der Waals surface area contributed by atoms with Gasteiger partial charge in [0.25, 0.3) is 0 Å². The van der Waals surface area contributed by atoms with Gasteiger partial charge in [-0.3, -0.25) is 0 Å². The Kier molecular flexibility index (Phi) is 3.13. The molecular weight excluding hydrogens is 240 g/mol. The van der Waals surface area contributed by atoms with E-state index in [-0.39, 0.29) is 6.61 Å². The molecule has 0 fully saturated rings. The highest BCUT2D eigenvalue weighted by atomic mass is 28.3. The average Bonchev–Trinajstić information content (AvgIpc) is 2.24. The Morgan fingerprint density at radius 1 is 1.00 bits per heavy atom. The normalized spacial score (nSPS) is 21.1. The predicted octanol–water partition coefficient (Wildman–Crippen LogP) is 2.33. The summed E-state index contributed by atoms with van der Waals surface area (Å²) < 4.78 is 0. The molecule has 0 aliphatic carbocycles. The van der Waals surface area contributed by atoms with E-state index in [9.17, 15) is 5.11 Å². The minimum atomic E-state index is -1.25. The number of benzene rings is 1. The molecule has 3 heteroatoms. The number of aryl methyl sites for hydroxylation is 1. The van der Waals surface area contributed by atoms with Gasteiger partial charge in [-0.1, -0.05) is 60.8 Å². The minimum absolute atomic E-state index is 0.186. The van der Waals surface area contributed by atoms with E-state index in [2.05, 4.69) is 45.2 Å². The Labute approximate surface area is 107 Å². The molecule has 0 radical (unpaired) electrons. The van der Waals surface area contributed by atoms with Crippen LogP contribution in [-0.2, 0) is 6.61 Å². The summed E-state index contributed by atoms with van der Waals surface area (Å²) in [5, 5.41) is 12.8. The topological polar surface area (TPSA) is 20.2 Å². The monoisotopic (exact) mass is 264 g/mol. The van der Waals surface area contributed by atoms with Crippen LogP contribution in [0, 0.1) is 6.92 Å². The van der Waals surface area contributed by atoms with Crippen LogP contribution in [0.5, 0.6) is 0 Å². The molecule has 0 unspecified atom stereocenters.